The van der Waals surface area contributed by atoms with Gasteiger partial charge >= 0.3 is 0 Å². The van der Waals surface area contributed by atoms with E-state index < -0.39 is 0 Å². The van der Waals surface area contributed by atoms with Gasteiger partial charge in [0, 0.05) is 49.8 Å². The Morgan fingerprint density at radius 3 is 2.60 bits per heavy atom. The Bertz CT molecular complexity index is 1080. The van der Waals surface area contributed by atoms with Crippen LogP contribution >= 0.6 is 0 Å². The molecule has 2 aliphatic rings. The van der Waals surface area contributed by atoms with Crippen LogP contribution in [0, 0.1) is 18.3 Å². The van der Waals surface area contributed by atoms with E-state index in [2.05, 4.69) is 63.3 Å². The molecule has 1 aromatic heterocycles. The minimum Gasteiger partial charge on any atom is -0.355 e. The minimum atomic E-state index is 0.113. The molecule has 2 saturated heterocycles. The summed E-state index contributed by atoms with van der Waals surface area (Å²) in [5, 5.41) is 1.12. The van der Waals surface area contributed by atoms with Crippen molar-refractivity contribution in [1.29, 1.82) is 0 Å². The van der Waals surface area contributed by atoms with E-state index >= 15 is 0 Å². The number of anilines is 1. The van der Waals surface area contributed by atoms with Crippen LogP contribution in [0.1, 0.15) is 24.7 Å². The van der Waals surface area contributed by atoms with E-state index in [4.69, 9.17) is 4.98 Å². The third kappa shape index (κ3) is 3.32. The first kappa shape index (κ1) is 19.0. The summed E-state index contributed by atoms with van der Waals surface area (Å²) in [4.78, 5) is 26.1. The van der Waals surface area contributed by atoms with Crippen LogP contribution in [0.3, 0.4) is 0 Å². The number of fused-ring (bicyclic) bond motifs is 2. The Labute approximate surface area is 177 Å². The van der Waals surface area contributed by atoms with Crippen molar-refractivity contribution in [2.45, 2.75) is 26.7 Å². The minimum absolute atomic E-state index is 0.113. The van der Waals surface area contributed by atoms with Crippen LogP contribution in [0.25, 0.3) is 10.9 Å². The van der Waals surface area contributed by atoms with Crippen LogP contribution in [0.15, 0.2) is 54.6 Å². The molecule has 5 nitrogen and oxygen atoms in total. The highest BCUT2D eigenvalue weighted by Gasteiger charge is 2.53. The van der Waals surface area contributed by atoms with Crippen LogP contribution < -0.4 is 4.90 Å². The average molecular weight is 401 g/mol. The lowest BCUT2D eigenvalue weighted by atomic mass is 9.76. The second-order valence-electron chi connectivity index (χ2n) is 8.94. The Morgan fingerprint density at radius 2 is 1.80 bits per heavy atom. The number of aromatic nitrogens is 2. The van der Waals surface area contributed by atoms with Crippen molar-refractivity contribution in [1.82, 2.24) is 14.9 Å². The molecule has 2 aromatic carbocycles. The van der Waals surface area contributed by atoms with Crippen molar-refractivity contribution in [3.8, 4) is 0 Å². The fourth-order valence-corrected chi connectivity index (χ4v) is 5.39. The number of para-hydroxylation sites is 1. The third-order valence-corrected chi connectivity index (χ3v) is 6.95. The summed E-state index contributed by atoms with van der Waals surface area (Å²) < 4.78 is 0. The summed E-state index contributed by atoms with van der Waals surface area (Å²) >= 11 is 0. The molecule has 0 aliphatic carbocycles. The molecule has 2 fully saturated rings. The van der Waals surface area contributed by atoms with Crippen molar-refractivity contribution < 1.29 is 4.79 Å². The summed E-state index contributed by atoms with van der Waals surface area (Å²) in [5.74, 6) is 2.52. The molecule has 5 heteroatoms. The van der Waals surface area contributed by atoms with Crippen molar-refractivity contribution in [3.63, 3.8) is 0 Å². The number of likely N-dealkylation sites (tertiary alicyclic amines) is 1. The van der Waals surface area contributed by atoms with Crippen LogP contribution in [0.5, 0.6) is 0 Å². The number of carbonyl (C=O) groups excluding carboxylic acids is 1. The zero-order valence-corrected chi connectivity index (χ0v) is 17.7. The van der Waals surface area contributed by atoms with Crippen LogP contribution in [-0.4, -0.2) is 47.0 Å². The lowest BCUT2D eigenvalue weighted by Gasteiger charge is -2.30. The summed E-state index contributed by atoms with van der Waals surface area (Å²) in [5.41, 5.74) is 2.48. The lowest BCUT2D eigenvalue weighted by molar-refractivity contribution is -0.128. The molecule has 30 heavy (non-hydrogen) atoms. The molecule has 154 valence electrons. The van der Waals surface area contributed by atoms with Gasteiger partial charge in [-0.25, -0.2) is 9.97 Å². The number of hydrogen-bond acceptors (Lipinski definition) is 4. The van der Waals surface area contributed by atoms with Gasteiger partial charge in [0.2, 0.25) is 5.91 Å². The maximum absolute atomic E-state index is 12.2. The van der Waals surface area contributed by atoms with E-state index in [9.17, 15) is 4.79 Å². The molecule has 3 heterocycles. The van der Waals surface area contributed by atoms with Gasteiger partial charge in [0.25, 0.3) is 0 Å². The molecular weight excluding hydrogens is 372 g/mol. The lowest BCUT2D eigenvalue weighted by Crippen LogP contribution is -2.36. The van der Waals surface area contributed by atoms with Crippen molar-refractivity contribution in [3.05, 3.63) is 66.0 Å². The second-order valence-corrected chi connectivity index (χ2v) is 8.94. The Kier molecular flexibility index (Phi) is 4.69. The molecule has 2 atom stereocenters. The van der Waals surface area contributed by atoms with Crippen molar-refractivity contribution in [2.75, 3.05) is 31.1 Å². The van der Waals surface area contributed by atoms with Crippen LogP contribution in [-0.2, 0) is 11.2 Å². The molecule has 3 aromatic rings. The average Bonchev–Trinajstić information content (AvgIpc) is 3.27. The largest absolute Gasteiger partial charge is 0.355 e. The van der Waals surface area contributed by atoms with Gasteiger partial charge in [-0.1, -0.05) is 42.5 Å². The highest BCUT2D eigenvalue weighted by molar-refractivity contribution is 5.89. The number of carbonyl (C=O) groups is 1. The van der Waals surface area contributed by atoms with Gasteiger partial charge < -0.3 is 9.80 Å². The smallest absolute Gasteiger partial charge is 0.219 e. The van der Waals surface area contributed by atoms with E-state index in [0.717, 1.165) is 61.6 Å². The number of benzene rings is 2. The zero-order valence-electron chi connectivity index (χ0n) is 17.7. The SMILES string of the molecule is CC(=O)N1C[C@@H]2CN(c3nc(C)nc4ccccc34)C[C@]2(CCc2ccccc2)C1. The summed E-state index contributed by atoms with van der Waals surface area (Å²) in [6.07, 6.45) is 2.13. The van der Waals surface area contributed by atoms with Crippen molar-refractivity contribution >= 4 is 22.6 Å². The summed E-state index contributed by atoms with van der Waals surface area (Å²) in [6.45, 7) is 7.25. The predicted octanol–water partition coefficient (Wildman–Crippen LogP) is 3.86. The Morgan fingerprint density at radius 1 is 1.03 bits per heavy atom. The number of nitrogens with zero attached hydrogens (tertiary/aromatic N) is 4. The van der Waals surface area contributed by atoms with E-state index in [-0.39, 0.29) is 11.3 Å². The molecule has 2 aliphatic heterocycles. The molecule has 0 bridgehead atoms. The maximum Gasteiger partial charge on any atom is 0.219 e. The highest BCUT2D eigenvalue weighted by atomic mass is 16.2. The first-order valence-electron chi connectivity index (χ1n) is 10.8. The fourth-order valence-electron chi connectivity index (χ4n) is 5.39. The Hall–Kier alpha value is -2.95. The molecule has 5 rings (SSSR count). The van der Waals surface area contributed by atoms with Crippen LogP contribution in [0.4, 0.5) is 5.82 Å². The van der Waals surface area contributed by atoms with E-state index in [1.165, 1.54) is 5.56 Å². The molecule has 0 saturated carbocycles. The number of aryl methyl sites for hydroxylation is 2. The first-order valence-corrected chi connectivity index (χ1v) is 10.8. The predicted molar refractivity (Wildman–Crippen MR) is 119 cm³/mol. The van der Waals surface area contributed by atoms with E-state index in [1.54, 1.807) is 6.92 Å². The first-order chi connectivity index (χ1) is 14.5. The number of hydrogen-bond donors (Lipinski definition) is 0. The molecule has 0 unspecified atom stereocenters. The van der Waals surface area contributed by atoms with Gasteiger partial charge in [-0.3, -0.25) is 4.79 Å². The van der Waals surface area contributed by atoms with E-state index in [1.807, 2.05) is 13.0 Å². The molecular formula is C25H28N4O. The number of amides is 1. The maximum atomic E-state index is 12.2. The zero-order chi connectivity index (χ0) is 20.7. The molecule has 1 amide bonds. The van der Waals surface area contributed by atoms with E-state index in [0.29, 0.717) is 5.92 Å². The molecule has 0 N–H and O–H groups in total. The number of rotatable bonds is 4. The quantitative estimate of drug-likeness (QED) is 0.667. The summed E-state index contributed by atoms with van der Waals surface area (Å²) in [7, 11) is 0. The Balaban J connectivity index is 1.47. The molecule has 0 radical (unpaired) electrons. The van der Waals surface area contributed by atoms with Crippen molar-refractivity contribution in [2.24, 2.45) is 11.3 Å². The van der Waals surface area contributed by atoms with Gasteiger partial charge in [0.1, 0.15) is 11.6 Å². The topological polar surface area (TPSA) is 49.3 Å². The van der Waals surface area contributed by atoms with Gasteiger partial charge in [-0.05, 0) is 37.5 Å². The fraction of sp³-hybridized carbons (Fsp3) is 0.400. The standard InChI is InChI=1S/C25H28N4O/c1-18-26-23-11-7-6-10-22(23)24(27-18)29-15-21-14-28(19(2)30)16-25(21,17-29)13-12-20-8-4-3-5-9-20/h3-11,21H,12-17H2,1-2H3/t21-,25+/m1/s1. The van der Waals surface area contributed by atoms with Gasteiger partial charge in [0.15, 0.2) is 0 Å². The summed E-state index contributed by atoms with van der Waals surface area (Å²) in [6, 6.07) is 19.0. The van der Waals surface area contributed by atoms with Crippen LogP contribution in [0.2, 0.25) is 0 Å². The second kappa shape index (κ2) is 7.38. The highest BCUT2D eigenvalue weighted by Crippen LogP contribution is 2.47. The normalized spacial score (nSPS) is 23.2. The third-order valence-electron chi connectivity index (χ3n) is 6.95. The van der Waals surface area contributed by atoms with Gasteiger partial charge in [-0.15, -0.1) is 0 Å². The van der Waals surface area contributed by atoms with Gasteiger partial charge in [-0.2, -0.15) is 0 Å². The van der Waals surface area contributed by atoms with Gasteiger partial charge in [0.05, 0.1) is 5.52 Å². The molecule has 0 spiro atoms. The monoisotopic (exact) mass is 400 g/mol.